The molecule has 1 aromatic carbocycles. The molecule has 152 valence electrons. The third-order valence-corrected chi connectivity index (χ3v) is 5.81. The molecule has 0 unspecified atom stereocenters. The maximum Gasteiger partial charge on any atom is 0.191 e. The van der Waals surface area contributed by atoms with Crippen molar-refractivity contribution in [2.45, 2.75) is 51.6 Å². The van der Waals surface area contributed by atoms with E-state index in [1.165, 1.54) is 6.07 Å². The third-order valence-electron chi connectivity index (χ3n) is 4.96. The maximum atomic E-state index is 13.4. The summed E-state index contributed by atoms with van der Waals surface area (Å²) in [7, 11) is 1.79. The average molecular weight is 404 g/mol. The van der Waals surface area contributed by atoms with E-state index in [-0.39, 0.29) is 11.2 Å². The molecule has 0 radical (unpaired) electrons. The monoisotopic (exact) mass is 403 g/mol. The molecule has 2 N–H and O–H groups in total. The molecular weight excluding hydrogens is 373 g/mol. The SMILES string of the molecule is CN=C(NCc1nc(C(C)(C)C)cs1)NC1CCN(c2cccc(F)c2)CC1. The number of anilines is 1. The second-order valence-electron chi connectivity index (χ2n) is 8.19. The lowest BCUT2D eigenvalue weighted by atomic mass is 9.93. The van der Waals surface area contributed by atoms with Gasteiger partial charge in [-0.2, -0.15) is 0 Å². The van der Waals surface area contributed by atoms with Crippen LogP contribution in [0, 0.1) is 5.82 Å². The van der Waals surface area contributed by atoms with Gasteiger partial charge in [-0.15, -0.1) is 11.3 Å². The lowest BCUT2D eigenvalue weighted by Gasteiger charge is -2.34. The molecule has 1 fully saturated rings. The zero-order valence-corrected chi connectivity index (χ0v) is 17.9. The van der Waals surface area contributed by atoms with Crippen molar-refractivity contribution in [1.29, 1.82) is 0 Å². The Bertz CT molecular complexity index is 803. The minimum Gasteiger partial charge on any atom is -0.371 e. The van der Waals surface area contributed by atoms with Gasteiger partial charge in [-0.3, -0.25) is 4.99 Å². The van der Waals surface area contributed by atoms with Crippen LogP contribution in [-0.2, 0) is 12.0 Å². The van der Waals surface area contributed by atoms with E-state index >= 15 is 0 Å². The minimum absolute atomic E-state index is 0.0737. The van der Waals surface area contributed by atoms with Gasteiger partial charge < -0.3 is 15.5 Å². The molecule has 1 aliphatic heterocycles. The Morgan fingerprint density at radius 1 is 1.32 bits per heavy atom. The highest BCUT2D eigenvalue weighted by atomic mass is 32.1. The van der Waals surface area contributed by atoms with Gasteiger partial charge in [0.05, 0.1) is 12.2 Å². The zero-order valence-electron chi connectivity index (χ0n) is 17.1. The summed E-state index contributed by atoms with van der Waals surface area (Å²) in [5.74, 6) is 0.621. The van der Waals surface area contributed by atoms with Crippen molar-refractivity contribution >= 4 is 23.0 Å². The smallest absolute Gasteiger partial charge is 0.191 e. The van der Waals surface area contributed by atoms with Crippen LogP contribution in [0.1, 0.15) is 44.3 Å². The standard InChI is InChI=1S/C21H30FN5S/c1-21(2,3)18-14-28-19(26-18)13-24-20(23-4)25-16-8-10-27(11-9-16)17-7-5-6-15(22)12-17/h5-7,12,14,16H,8-11,13H2,1-4H3,(H2,23,24,25). The fourth-order valence-electron chi connectivity index (χ4n) is 3.24. The second kappa shape index (κ2) is 8.90. The Hall–Kier alpha value is -2.15. The Morgan fingerprint density at radius 3 is 2.68 bits per heavy atom. The number of halogens is 1. The predicted octanol–water partition coefficient (Wildman–Crippen LogP) is 3.91. The van der Waals surface area contributed by atoms with Gasteiger partial charge in [0.2, 0.25) is 0 Å². The van der Waals surface area contributed by atoms with E-state index in [1.807, 2.05) is 6.07 Å². The normalized spacial score (nSPS) is 16.3. The van der Waals surface area contributed by atoms with E-state index in [0.717, 1.165) is 48.3 Å². The second-order valence-corrected chi connectivity index (χ2v) is 9.13. The minimum atomic E-state index is -0.181. The zero-order chi connectivity index (χ0) is 20.1. The molecule has 2 aromatic rings. The first kappa shape index (κ1) is 20.6. The lowest BCUT2D eigenvalue weighted by molar-refractivity contribution is 0.461. The maximum absolute atomic E-state index is 13.4. The summed E-state index contributed by atoms with van der Waals surface area (Å²) in [4.78, 5) is 11.3. The van der Waals surface area contributed by atoms with Crippen LogP contribution in [-0.4, -0.2) is 37.1 Å². The van der Waals surface area contributed by atoms with Crippen LogP contribution in [0.4, 0.5) is 10.1 Å². The summed E-state index contributed by atoms with van der Waals surface area (Å²) < 4.78 is 13.4. The van der Waals surface area contributed by atoms with Crippen LogP contribution >= 0.6 is 11.3 Å². The Kier molecular flexibility index (Phi) is 6.54. The first-order valence-corrected chi connectivity index (χ1v) is 10.7. The Morgan fingerprint density at radius 2 is 2.07 bits per heavy atom. The molecule has 5 nitrogen and oxygen atoms in total. The molecule has 28 heavy (non-hydrogen) atoms. The number of nitrogens with zero attached hydrogens (tertiary/aromatic N) is 3. The first-order chi connectivity index (χ1) is 13.3. The van der Waals surface area contributed by atoms with Crippen molar-refractivity contribution in [2.75, 3.05) is 25.0 Å². The molecule has 1 saturated heterocycles. The van der Waals surface area contributed by atoms with Gasteiger partial charge in [0.1, 0.15) is 10.8 Å². The van der Waals surface area contributed by atoms with Crippen molar-refractivity contribution in [3.05, 3.63) is 46.2 Å². The van der Waals surface area contributed by atoms with E-state index < -0.39 is 0 Å². The highest BCUT2D eigenvalue weighted by Crippen LogP contribution is 2.24. The van der Waals surface area contributed by atoms with Crippen LogP contribution in [0.3, 0.4) is 0 Å². The molecule has 1 aromatic heterocycles. The van der Waals surface area contributed by atoms with E-state index in [0.29, 0.717) is 12.6 Å². The first-order valence-electron chi connectivity index (χ1n) is 9.78. The quantitative estimate of drug-likeness (QED) is 0.600. The summed E-state index contributed by atoms with van der Waals surface area (Å²) in [5, 5.41) is 10.1. The fraction of sp³-hybridized carbons (Fsp3) is 0.524. The Balaban J connectivity index is 1.47. The number of benzene rings is 1. The summed E-state index contributed by atoms with van der Waals surface area (Å²) in [5.41, 5.74) is 2.16. The number of piperidine rings is 1. The van der Waals surface area contributed by atoms with Gasteiger partial charge in [0, 0.05) is 42.7 Å². The van der Waals surface area contributed by atoms with Crippen molar-refractivity contribution in [3.8, 4) is 0 Å². The highest BCUT2D eigenvalue weighted by molar-refractivity contribution is 7.09. The van der Waals surface area contributed by atoms with Crippen molar-refractivity contribution in [2.24, 2.45) is 4.99 Å². The molecule has 0 saturated carbocycles. The van der Waals surface area contributed by atoms with Gasteiger partial charge >= 0.3 is 0 Å². The number of aliphatic imine (C=N–C) groups is 1. The highest BCUT2D eigenvalue weighted by Gasteiger charge is 2.21. The lowest BCUT2D eigenvalue weighted by Crippen LogP contribution is -2.48. The molecule has 0 aliphatic carbocycles. The van der Waals surface area contributed by atoms with E-state index in [9.17, 15) is 4.39 Å². The summed E-state index contributed by atoms with van der Waals surface area (Å²) >= 11 is 1.68. The number of thiazole rings is 1. The number of guanidine groups is 1. The fourth-order valence-corrected chi connectivity index (χ4v) is 4.20. The molecule has 2 heterocycles. The molecule has 7 heteroatoms. The van der Waals surface area contributed by atoms with Crippen molar-refractivity contribution < 1.29 is 4.39 Å². The van der Waals surface area contributed by atoms with Gasteiger partial charge in [0.25, 0.3) is 0 Å². The molecule has 0 atom stereocenters. The van der Waals surface area contributed by atoms with Crippen molar-refractivity contribution in [1.82, 2.24) is 15.6 Å². The molecular formula is C21H30FN5S. The van der Waals surface area contributed by atoms with Crippen LogP contribution in [0.25, 0.3) is 0 Å². The molecule has 3 rings (SSSR count). The van der Waals surface area contributed by atoms with E-state index in [1.54, 1.807) is 30.5 Å². The van der Waals surface area contributed by atoms with Crippen LogP contribution < -0.4 is 15.5 Å². The van der Waals surface area contributed by atoms with Gasteiger partial charge in [-0.25, -0.2) is 9.37 Å². The van der Waals surface area contributed by atoms with Crippen molar-refractivity contribution in [3.63, 3.8) is 0 Å². The number of rotatable bonds is 4. The number of hydrogen-bond donors (Lipinski definition) is 2. The molecule has 1 aliphatic rings. The summed E-state index contributed by atoms with van der Waals surface area (Å²) in [6, 6.07) is 7.19. The van der Waals surface area contributed by atoms with Crippen LogP contribution in [0.2, 0.25) is 0 Å². The largest absolute Gasteiger partial charge is 0.371 e. The van der Waals surface area contributed by atoms with Crippen LogP contribution in [0.5, 0.6) is 0 Å². The van der Waals surface area contributed by atoms with Gasteiger partial charge in [-0.05, 0) is 31.0 Å². The summed E-state index contributed by atoms with van der Waals surface area (Å²) in [6.07, 6.45) is 1.98. The average Bonchev–Trinajstić information content (AvgIpc) is 3.15. The third kappa shape index (κ3) is 5.44. The number of aromatic nitrogens is 1. The van der Waals surface area contributed by atoms with Gasteiger partial charge in [0.15, 0.2) is 5.96 Å². The molecule has 0 spiro atoms. The summed E-state index contributed by atoms with van der Waals surface area (Å²) in [6.45, 7) is 9.00. The predicted molar refractivity (Wildman–Crippen MR) is 116 cm³/mol. The van der Waals surface area contributed by atoms with E-state index in [4.69, 9.17) is 4.98 Å². The van der Waals surface area contributed by atoms with Crippen LogP contribution in [0.15, 0.2) is 34.6 Å². The van der Waals surface area contributed by atoms with Gasteiger partial charge in [-0.1, -0.05) is 26.8 Å². The molecule has 0 amide bonds. The Labute approximate surface area is 171 Å². The number of hydrogen-bond acceptors (Lipinski definition) is 4. The number of nitrogens with one attached hydrogen (secondary N) is 2. The topological polar surface area (TPSA) is 52.6 Å². The van der Waals surface area contributed by atoms with E-state index in [2.05, 4.69) is 46.7 Å². The molecule has 0 bridgehead atoms.